The molecule has 5 N–H and O–H groups in total. The normalized spacial score (nSPS) is 12.7. The molecule has 1 aromatic carbocycles. The van der Waals surface area contributed by atoms with Crippen molar-refractivity contribution in [3.63, 3.8) is 0 Å². The van der Waals surface area contributed by atoms with Gasteiger partial charge < -0.3 is 20.6 Å². The summed E-state index contributed by atoms with van der Waals surface area (Å²) in [5.74, 6) is -0.902. The highest BCUT2D eigenvalue weighted by Gasteiger charge is 2.22. The van der Waals surface area contributed by atoms with Gasteiger partial charge in [-0.05, 0) is 30.0 Å². The van der Waals surface area contributed by atoms with E-state index in [-0.39, 0.29) is 29.4 Å². The lowest BCUT2D eigenvalue weighted by Crippen LogP contribution is -2.17. The zero-order valence-corrected chi connectivity index (χ0v) is 17.0. The first-order chi connectivity index (χ1) is 13.6. The van der Waals surface area contributed by atoms with E-state index < -0.39 is 32.7 Å². The van der Waals surface area contributed by atoms with Crippen LogP contribution in [0, 0.1) is 0 Å². The lowest BCUT2D eigenvalue weighted by Gasteiger charge is -2.11. The number of nitrogens with one attached hydrogen (secondary N) is 1. The number of nitrogens with zero attached hydrogens (tertiary/aromatic N) is 2. The molecule has 0 fully saturated rings. The molecule has 0 aliphatic carbocycles. The summed E-state index contributed by atoms with van der Waals surface area (Å²) in [6.45, 7) is 0. The van der Waals surface area contributed by atoms with Crippen LogP contribution < -0.4 is 11.1 Å². The summed E-state index contributed by atoms with van der Waals surface area (Å²) in [4.78, 5) is 12.1. The van der Waals surface area contributed by atoms with Gasteiger partial charge in [0.25, 0.3) is 16.0 Å². The number of halogens is 1. The van der Waals surface area contributed by atoms with Crippen molar-refractivity contribution in [1.29, 1.82) is 0 Å². The number of anilines is 1. The van der Waals surface area contributed by atoms with Crippen LogP contribution in [0.25, 0.3) is 10.8 Å². The minimum atomic E-state index is -4.72. The highest BCUT2D eigenvalue weighted by molar-refractivity contribution is 7.86. The summed E-state index contributed by atoms with van der Waals surface area (Å²) < 4.78 is 37.2. The summed E-state index contributed by atoms with van der Waals surface area (Å²) in [5, 5.41) is 21.9. The Hall–Kier alpha value is -2.51. The second kappa shape index (κ2) is 8.47. The Kier molecular flexibility index (Phi) is 6.19. The second-order valence-electron chi connectivity index (χ2n) is 5.89. The number of amides is 1. The highest BCUT2D eigenvalue weighted by atomic mass is 35.5. The van der Waals surface area contributed by atoms with E-state index in [0.29, 0.717) is 5.89 Å². The highest BCUT2D eigenvalue weighted by Crippen LogP contribution is 2.34. The number of phenols is 1. The van der Waals surface area contributed by atoms with E-state index >= 15 is 0 Å². The van der Waals surface area contributed by atoms with Crippen LogP contribution in [0.3, 0.4) is 0 Å². The number of rotatable bonds is 7. The third kappa shape index (κ3) is 5.10. The van der Waals surface area contributed by atoms with Crippen LogP contribution in [0.15, 0.2) is 39.0 Å². The predicted octanol–water partition coefficient (Wildman–Crippen LogP) is 2.82. The van der Waals surface area contributed by atoms with Gasteiger partial charge in [0.05, 0.1) is 16.6 Å². The predicted molar refractivity (Wildman–Crippen MR) is 105 cm³/mol. The third-order valence-electron chi connectivity index (χ3n) is 3.76. The van der Waals surface area contributed by atoms with Gasteiger partial charge in [-0.3, -0.25) is 9.35 Å². The molecule has 0 saturated heterocycles. The minimum Gasteiger partial charge on any atom is -0.504 e. The molecule has 2 heterocycles. The molecular weight excluding hydrogens is 444 g/mol. The number of benzene rings is 1. The van der Waals surface area contributed by atoms with Crippen molar-refractivity contribution in [1.82, 2.24) is 10.2 Å². The largest absolute Gasteiger partial charge is 0.504 e. The number of hydrogen-bond donors (Lipinski definition) is 4. The fourth-order valence-corrected chi connectivity index (χ4v) is 3.93. The fourth-order valence-electron chi connectivity index (χ4n) is 2.37. The van der Waals surface area contributed by atoms with Crippen molar-refractivity contribution in [3.8, 4) is 16.5 Å². The van der Waals surface area contributed by atoms with Gasteiger partial charge in [-0.2, -0.15) is 8.42 Å². The number of hydrogen-bond acceptors (Lipinski definition) is 9. The zero-order valence-electron chi connectivity index (χ0n) is 14.6. The molecule has 10 nitrogen and oxygen atoms in total. The first kappa shape index (κ1) is 21.2. The van der Waals surface area contributed by atoms with E-state index in [4.69, 9.17) is 26.3 Å². The first-order valence-corrected chi connectivity index (χ1v) is 10.8. The molecule has 3 rings (SSSR count). The standard InChI is InChI=1S/C16H15ClN4O6S2/c17-8-6-10(14(23)12(7-8)29(24,25)26)19-13(22)4-3-9(18)15-20-21-16(27-15)11-2-1-5-28-11/h1-2,5-7,9,23H,3-4,18H2,(H,19,22)(H,24,25,26). The molecule has 0 aliphatic rings. The topological polar surface area (TPSA) is 169 Å². The van der Waals surface area contributed by atoms with E-state index in [1.54, 1.807) is 0 Å². The zero-order chi connectivity index (χ0) is 21.2. The lowest BCUT2D eigenvalue weighted by atomic mass is 10.1. The molecular formula is C16H15ClN4O6S2. The average molecular weight is 459 g/mol. The van der Waals surface area contributed by atoms with Gasteiger partial charge in [0.1, 0.15) is 4.90 Å². The van der Waals surface area contributed by atoms with Gasteiger partial charge in [0.2, 0.25) is 11.8 Å². The molecule has 0 bridgehead atoms. The molecule has 0 saturated carbocycles. The third-order valence-corrected chi connectivity index (χ3v) is 5.71. The Balaban J connectivity index is 1.64. The van der Waals surface area contributed by atoms with Gasteiger partial charge in [0.15, 0.2) is 5.75 Å². The molecule has 13 heteroatoms. The Bertz CT molecular complexity index is 1130. The summed E-state index contributed by atoms with van der Waals surface area (Å²) in [6.07, 6.45) is 0.0510. The number of aromatic nitrogens is 2. The monoisotopic (exact) mass is 458 g/mol. The molecule has 1 unspecified atom stereocenters. The smallest absolute Gasteiger partial charge is 0.298 e. The van der Waals surface area contributed by atoms with Gasteiger partial charge in [-0.1, -0.05) is 17.7 Å². The maximum atomic E-state index is 12.2. The van der Waals surface area contributed by atoms with Gasteiger partial charge >= 0.3 is 0 Å². The van der Waals surface area contributed by atoms with E-state index in [1.165, 1.54) is 11.3 Å². The van der Waals surface area contributed by atoms with Crippen LogP contribution in [0.5, 0.6) is 5.75 Å². The molecule has 3 aromatic rings. The Morgan fingerprint density at radius 3 is 2.79 bits per heavy atom. The number of nitrogens with two attached hydrogens (primary N) is 1. The van der Waals surface area contributed by atoms with Crippen molar-refractivity contribution in [2.45, 2.75) is 23.8 Å². The molecule has 1 atom stereocenters. The molecule has 2 aromatic heterocycles. The number of phenolic OH excluding ortho intramolecular Hbond substituents is 1. The Morgan fingerprint density at radius 1 is 1.38 bits per heavy atom. The van der Waals surface area contributed by atoms with Crippen LogP contribution in [0.2, 0.25) is 5.02 Å². The molecule has 0 radical (unpaired) electrons. The quantitative estimate of drug-likeness (QED) is 0.307. The molecule has 29 heavy (non-hydrogen) atoms. The number of aromatic hydroxyl groups is 1. The van der Waals surface area contributed by atoms with Crippen LogP contribution in [-0.4, -0.2) is 34.2 Å². The number of carbonyl (C=O) groups is 1. The maximum Gasteiger partial charge on any atom is 0.298 e. The van der Waals surface area contributed by atoms with E-state index in [2.05, 4.69) is 15.5 Å². The fraction of sp³-hybridized carbons (Fsp3) is 0.188. The van der Waals surface area contributed by atoms with Crippen molar-refractivity contribution in [2.75, 3.05) is 5.32 Å². The molecule has 154 valence electrons. The summed E-state index contributed by atoms with van der Waals surface area (Å²) in [5.41, 5.74) is 5.72. The van der Waals surface area contributed by atoms with Crippen molar-refractivity contribution in [2.24, 2.45) is 5.73 Å². The van der Waals surface area contributed by atoms with E-state index in [0.717, 1.165) is 17.0 Å². The Morgan fingerprint density at radius 2 is 2.14 bits per heavy atom. The van der Waals surface area contributed by atoms with E-state index in [1.807, 2.05) is 17.5 Å². The van der Waals surface area contributed by atoms with Crippen LogP contribution in [0.4, 0.5) is 5.69 Å². The summed E-state index contributed by atoms with van der Waals surface area (Å²) in [6, 6.07) is 4.96. The van der Waals surface area contributed by atoms with Gasteiger partial charge in [0, 0.05) is 11.4 Å². The SMILES string of the molecule is NC(CCC(=O)Nc1cc(Cl)cc(S(=O)(=O)O)c1O)c1nnc(-c2cccs2)o1. The van der Waals surface area contributed by atoms with Crippen LogP contribution >= 0.6 is 22.9 Å². The maximum absolute atomic E-state index is 12.2. The average Bonchev–Trinajstić information content (AvgIpc) is 3.32. The molecule has 1 amide bonds. The van der Waals surface area contributed by atoms with Crippen molar-refractivity contribution in [3.05, 3.63) is 40.6 Å². The summed E-state index contributed by atoms with van der Waals surface area (Å²) in [7, 11) is -4.72. The molecule has 0 spiro atoms. The van der Waals surface area contributed by atoms with E-state index in [9.17, 15) is 18.3 Å². The van der Waals surface area contributed by atoms with Crippen molar-refractivity contribution < 1.29 is 27.3 Å². The molecule has 0 aliphatic heterocycles. The lowest BCUT2D eigenvalue weighted by molar-refractivity contribution is -0.116. The minimum absolute atomic E-state index is 0.0922. The van der Waals surface area contributed by atoms with Gasteiger partial charge in [-0.25, -0.2) is 0 Å². The van der Waals surface area contributed by atoms with Crippen LogP contribution in [0.1, 0.15) is 24.8 Å². The Labute approximate surface area is 174 Å². The second-order valence-corrected chi connectivity index (χ2v) is 8.67. The first-order valence-electron chi connectivity index (χ1n) is 8.08. The number of carbonyl (C=O) groups excluding carboxylic acids is 1. The van der Waals surface area contributed by atoms with Crippen LogP contribution in [-0.2, 0) is 14.9 Å². The van der Waals surface area contributed by atoms with Gasteiger partial charge in [-0.15, -0.1) is 21.5 Å². The summed E-state index contributed by atoms with van der Waals surface area (Å²) >= 11 is 7.21. The number of thiophene rings is 1. The van der Waals surface area contributed by atoms with Crippen molar-refractivity contribution >= 4 is 44.7 Å².